The number of hydrogen-bond donors (Lipinski definition) is 2. The molecule has 0 aromatic heterocycles. The Labute approximate surface area is 168 Å². The van der Waals surface area contributed by atoms with E-state index in [2.05, 4.69) is 5.32 Å². The van der Waals surface area contributed by atoms with E-state index in [-0.39, 0.29) is 18.0 Å². The minimum atomic E-state index is -3.71. The van der Waals surface area contributed by atoms with Gasteiger partial charge in [0.2, 0.25) is 10.0 Å². The highest BCUT2D eigenvalue weighted by Gasteiger charge is 2.31. The highest BCUT2D eigenvalue weighted by Crippen LogP contribution is 2.25. The summed E-state index contributed by atoms with van der Waals surface area (Å²) in [5.41, 5.74) is 0.760. The summed E-state index contributed by atoms with van der Waals surface area (Å²) in [6, 6.07) is 12.5. The molecule has 2 aromatic rings. The van der Waals surface area contributed by atoms with Crippen LogP contribution in [0.1, 0.15) is 23.2 Å². The normalized spacial score (nSPS) is 15.9. The molecule has 1 fully saturated rings. The SMILES string of the molecule is O=C(Nc1ccc(S(=O)(=O)N2CCC(C(=O)O)CC2)cc1)c1ccccc1Cl. The summed E-state index contributed by atoms with van der Waals surface area (Å²) in [4.78, 5) is 23.4. The lowest BCUT2D eigenvalue weighted by atomic mass is 9.99. The van der Waals surface area contributed by atoms with E-state index < -0.39 is 27.8 Å². The van der Waals surface area contributed by atoms with Gasteiger partial charge in [-0.05, 0) is 49.2 Å². The van der Waals surface area contributed by atoms with Crippen molar-refractivity contribution in [1.82, 2.24) is 4.31 Å². The monoisotopic (exact) mass is 422 g/mol. The number of carbonyl (C=O) groups is 2. The van der Waals surface area contributed by atoms with Gasteiger partial charge in [-0.15, -0.1) is 0 Å². The third kappa shape index (κ3) is 4.35. The molecule has 148 valence electrons. The quantitative estimate of drug-likeness (QED) is 0.770. The molecule has 28 heavy (non-hydrogen) atoms. The Hall–Kier alpha value is -2.42. The Bertz CT molecular complexity index is 984. The fourth-order valence-corrected chi connectivity index (χ4v) is 4.74. The van der Waals surface area contributed by atoms with Crippen LogP contribution in [0.25, 0.3) is 0 Å². The van der Waals surface area contributed by atoms with E-state index in [0.717, 1.165) is 0 Å². The number of piperidine rings is 1. The average molecular weight is 423 g/mol. The summed E-state index contributed by atoms with van der Waals surface area (Å²) < 4.78 is 26.8. The minimum absolute atomic E-state index is 0.0945. The fourth-order valence-electron chi connectivity index (χ4n) is 3.05. The zero-order valence-electron chi connectivity index (χ0n) is 14.8. The lowest BCUT2D eigenvalue weighted by Gasteiger charge is -2.29. The van der Waals surface area contributed by atoms with E-state index in [1.807, 2.05) is 0 Å². The van der Waals surface area contributed by atoms with Gasteiger partial charge in [0.15, 0.2) is 0 Å². The number of aliphatic carboxylic acids is 1. The first-order chi connectivity index (χ1) is 13.3. The maximum Gasteiger partial charge on any atom is 0.306 e. The number of rotatable bonds is 5. The Morgan fingerprint density at radius 1 is 1.04 bits per heavy atom. The van der Waals surface area contributed by atoms with Crippen LogP contribution >= 0.6 is 11.6 Å². The van der Waals surface area contributed by atoms with Crippen molar-refractivity contribution in [3.05, 3.63) is 59.1 Å². The number of carbonyl (C=O) groups excluding carboxylic acids is 1. The van der Waals surface area contributed by atoms with Gasteiger partial charge in [-0.25, -0.2) is 8.42 Å². The van der Waals surface area contributed by atoms with Crippen LogP contribution in [0.5, 0.6) is 0 Å². The smallest absolute Gasteiger partial charge is 0.306 e. The number of hydrogen-bond acceptors (Lipinski definition) is 4. The Balaban J connectivity index is 1.69. The van der Waals surface area contributed by atoms with Crippen LogP contribution in [0.3, 0.4) is 0 Å². The number of carboxylic acids is 1. The molecule has 1 aliphatic rings. The van der Waals surface area contributed by atoms with Crippen molar-refractivity contribution in [2.75, 3.05) is 18.4 Å². The molecule has 3 rings (SSSR count). The molecule has 1 saturated heterocycles. The van der Waals surface area contributed by atoms with Gasteiger partial charge in [-0.1, -0.05) is 23.7 Å². The third-order valence-electron chi connectivity index (χ3n) is 4.67. The lowest BCUT2D eigenvalue weighted by molar-refractivity contribution is -0.142. The second-order valence-corrected chi connectivity index (χ2v) is 8.82. The number of halogens is 1. The highest BCUT2D eigenvalue weighted by molar-refractivity contribution is 7.89. The maximum atomic E-state index is 12.7. The molecule has 0 unspecified atom stereocenters. The molecule has 2 N–H and O–H groups in total. The summed E-state index contributed by atoms with van der Waals surface area (Å²) in [7, 11) is -3.71. The van der Waals surface area contributed by atoms with Crippen LogP contribution in [-0.4, -0.2) is 42.8 Å². The minimum Gasteiger partial charge on any atom is -0.481 e. The van der Waals surface area contributed by atoms with Gasteiger partial charge in [-0.2, -0.15) is 4.31 Å². The summed E-state index contributed by atoms with van der Waals surface area (Å²) >= 11 is 6.00. The van der Waals surface area contributed by atoms with Crippen LogP contribution in [0.4, 0.5) is 5.69 Å². The Morgan fingerprint density at radius 2 is 1.64 bits per heavy atom. The molecule has 1 aliphatic heterocycles. The van der Waals surface area contributed by atoms with Crippen LogP contribution in [0.15, 0.2) is 53.4 Å². The molecule has 1 heterocycles. The van der Waals surface area contributed by atoms with E-state index >= 15 is 0 Å². The Kier molecular flexibility index (Phi) is 6.02. The maximum absolute atomic E-state index is 12.7. The van der Waals surface area contributed by atoms with Crippen molar-refractivity contribution >= 4 is 39.2 Å². The number of benzene rings is 2. The number of nitrogens with one attached hydrogen (secondary N) is 1. The molecule has 1 amide bonds. The Morgan fingerprint density at radius 3 is 2.21 bits per heavy atom. The van der Waals surface area contributed by atoms with Crippen LogP contribution in [-0.2, 0) is 14.8 Å². The summed E-state index contributed by atoms with van der Waals surface area (Å²) in [5.74, 6) is -1.79. The van der Waals surface area contributed by atoms with Gasteiger partial charge in [0, 0.05) is 18.8 Å². The molecule has 9 heteroatoms. The van der Waals surface area contributed by atoms with Crippen LogP contribution in [0, 0.1) is 5.92 Å². The first kappa shape index (κ1) is 20.3. The van der Waals surface area contributed by atoms with Gasteiger partial charge in [0.1, 0.15) is 0 Å². The second kappa shape index (κ2) is 8.30. The number of carboxylic acid groups (broad SMARTS) is 1. The van der Waals surface area contributed by atoms with Gasteiger partial charge in [0.05, 0.1) is 21.4 Å². The summed E-state index contributed by atoms with van der Waals surface area (Å²) in [5, 5.41) is 12.0. The van der Waals surface area contributed by atoms with Crippen LogP contribution in [0.2, 0.25) is 5.02 Å². The first-order valence-corrected chi connectivity index (χ1v) is 10.5. The van der Waals surface area contributed by atoms with Gasteiger partial charge in [-0.3, -0.25) is 9.59 Å². The molecule has 0 bridgehead atoms. The predicted molar refractivity (Wildman–Crippen MR) is 105 cm³/mol. The molecule has 0 radical (unpaired) electrons. The zero-order chi connectivity index (χ0) is 20.3. The van der Waals surface area contributed by atoms with E-state index in [0.29, 0.717) is 29.1 Å². The number of sulfonamides is 1. The molecular weight excluding hydrogens is 404 g/mol. The van der Waals surface area contributed by atoms with E-state index in [9.17, 15) is 18.0 Å². The topological polar surface area (TPSA) is 104 Å². The van der Waals surface area contributed by atoms with Gasteiger partial charge < -0.3 is 10.4 Å². The van der Waals surface area contributed by atoms with Crippen molar-refractivity contribution in [1.29, 1.82) is 0 Å². The van der Waals surface area contributed by atoms with Crippen molar-refractivity contribution in [2.45, 2.75) is 17.7 Å². The molecular formula is C19H19ClN2O5S. The number of anilines is 1. The largest absolute Gasteiger partial charge is 0.481 e. The number of amides is 1. The molecule has 7 nitrogen and oxygen atoms in total. The van der Waals surface area contributed by atoms with Crippen molar-refractivity contribution in [2.24, 2.45) is 5.92 Å². The summed E-state index contributed by atoms with van der Waals surface area (Å²) in [6.45, 7) is 0.342. The zero-order valence-corrected chi connectivity index (χ0v) is 16.4. The van der Waals surface area contributed by atoms with Crippen molar-refractivity contribution < 1.29 is 23.1 Å². The standard InChI is InChI=1S/C19H19ClN2O5S/c20-17-4-2-1-3-16(17)18(23)21-14-5-7-15(8-6-14)28(26,27)22-11-9-13(10-12-22)19(24)25/h1-8,13H,9-12H2,(H,21,23)(H,24,25). The fraction of sp³-hybridized carbons (Fsp3) is 0.263. The van der Waals surface area contributed by atoms with E-state index in [1.54, 1.807) is 24.3 Å². The molecule has 2 aromatic carbocycles. The van der Waals surface area contributed by atoms with Crippen molar-refractivity contribution in [3.63, 3.8) is 0 Å². The van der Waals surface area contributed by atoms with E-state index in [4.69, 9.17) is 16.7 Å². The lowest BCUT2D eigenvalue weighted by Crippen LogP contribution is -2.40. The van der Waals surface area contributed by atoms with Crippen LogP contribution < -0.4 is 5.32 Å². The van der Waals surface area contributed by atoms with Crippen molar-refractivity contribution in [3.8, 4) is 0 Å². The molecule has 0 aliphatic carbocycles. The van der Waals surface area contributed by atoms with Gasteiger partial charge >= 0.3 is 5.97 Å². The highest BCUT2D eigenvalue weighted by atomic mass is 35.5. The first-order valence-electron chi connectivity index (χ1n) is 8.68. The molecule has 0 spiro atoms. The average Bonchev–Trinajstić information content (AvgIpc) is 2.68. The molecule has 0 saturated carbocycles. The predicted octanol–water partition coefficient (Wildman–Crippen LogP) is 3.08. The number of nitrogens with zero attached hydrogens (tertiary/aromatic N) is 1. The second-order valence-electron chi connectivity index (χ2n) is 6.47. The van der Waals surface area contributed by atoms with Gasteiger partial charge in [0.25, 0.3) is 5.91 Å². The van der Waals surface area contributed by atoms with E-state index in [1.165, 1.54) is 28.6 Å². The summed E-state index contributed by atoms with van der Waals surface area (Å²) in [6.07, 6.45) is 0.584. The molecule has 0 atom stereocenters. The third-order valence-corrected chi connectivity index (χ3v) is 6.91.